The molecular weight excluding hydrogens is 216 g/mol. The highest BCUT2D eigenvalue weighted by Gasteiger charge is 2.00. The van der Waals surface area contributed by atoms with E-state index in [4.69, 9.17) is 29.6 Å². The molecule has 14 heavy (non-hydrogen) atoms. The van der Waals surface area contributed by atoms with E-state index in [0.29, 0.717) is 11.4 Å². The molecule has 0 aliphatic heterocycles. The Morgan fingerprint density at radius 3 is 2.93 bits per heavy atom. The predicted molar refractivity (Wildman–Crippen MR) is 66.1 cm³/mol. The third kappa shape index (κ3) is 3.16. The van der Waals surface area contributed by atoms with E-state index in [1.807, 2.05) is 25.1 Å². The molecule has 0 amide bonds. The van der Waals surface area contributed by atoms with Gasteiger partial charge in [0.1, 0.15) is 0 Å². The van der Waals surface area contributed by atoms with E-state index in [0.717, 1.165) is 22.8 Å². The number of thiocarbonyl (C=S) groups is 1. The molecule has 0 spiro atoms. The fraction of sp³-hybridized carbons (Fsp3) is 0.300. The first-order valence-electron chi connectivity index (χ1n) is 4.38. The molecule has 0 atom stereocenters. The van der Waals surface area contributed by atoms with Gasteiger partial charge >= 0.3 is 0 Å². The Labute approximate surface area is 94.4 Å². The van der Waals surface area contributed by atoms with Crippen molar-refractivity contribution >= 4 is 34.5 Å². The summed E-state index contributed by atoms with van der Waals surface area (Å²) >= 11 is 10.7. The first-order chi connectivity index (χ1) is 6.61. The van der Waals surface area contributed by atoms with Gasteiger partial charge in [0, 0.05) is 23.7 Å². The van der Waals surface area contributed by atoms with Crippen LogP contribution in [0.5, 0.6) is 0 Å². The van der Waals surface area contributed by atoms with Crippen LogP contribution in [0.3, 0.4) is 0 Å². The molecule has 76 valence electrons. The number of benzene rings is 1. The molecule has 2 nitrogen and oxygen atoms in total. The molecule has 0 radical (unpaired) electrons. The number of hydrogen-bond donors (Lipinski definition) is 2. The van der Waals surface area contributed by atoms with Gasteiger partial charge in [-0.25, -0.2) is 0 Å². The number of nitrogens with one attached hydrogen (secondary N) is 1. The summed E-state index contributed by atoms with van der Waals surface area (Å²) in [6, 6.07) is 5.77. The zero-order valence-electron chi connectivity index (χ0n) is 8.01. The third-order valence-corrected chi connectivity index (χ3v) is 2.57. The van der Waals surface area contributed by atoms with Crippen LogP contribution in [0.2, 0.25) is 5.02 Å². The van der Waals surface area contributed by atoms with Crippen LogP contribution in [0.1, 0.15) is 12.0 Å². The van der Waals surface area contributed by atoms with Crippen molar-refractivity contribution in [1.82, 2.24) is 0 Å². The van der Waals surface area contributed by atoms with Gasteiger partial charge in [-0.1, -0.05) is 29.9 Å². The van der Waals surface area contributed by atoms with E-state index < -0.39 is 0 Å². The molecular formula is C10H13ClN2S. The van der Waals surface area contributed by atoms with Crippen molar-refractivity contribution in [2.45, 2.75) is 13.3 Å². The Morgan fingerprint density at radius 2 is 2.29 bits per heavy atom. The summed E-state index contributed by atoms with van der Waals surface area (Å²) in [6.45, 7) is 2.72. The second-order valence-electron chi connectivity index (χ2n) is 3.06. The molecule has 1 rings (SSSR count). The van der Waals surface area contributed by atoms with Gasteiger partial charge in [-0.2, -0.15) is 0 Å². The van der Waals surface area contributed by atoms with Crippen LogP contribution in [0.15, 0.2) is 18.2 Å². The molecule has 0 saturated carbocycles. The van der Waals surface area contributed by atoms with E-state index in [1.165, 1.54) is 0 Å². The lowest BCUT2D eigenvalue weighted by Crippen LogP contribution is -2.14. The molecule has 0 heterocycles. The fourth-order valence-electron chi connectivity index (χ4n) is 1.12. The Balaban J connectivity index is 2.59. The van der Waals surface area contributed by atoms with Gasteiger partial charge in [0.2, 0.25) is 0 Å². The van der Waals surface area contributed by atoms with Crippen LogP contribution >= 0.6 is 23.8 Å². The molecule has 0 saturated heterocycles. The number of anilines is 1. The molecule has 0 aliphatic rings. The van der Waals surface area contributed by atoms with Crippen molar-refractivity contribution in [3.8, 4) is 0 Å². The number of rotatable bonds is 4. The lowest BCUT2D eigenvalue weighted by molar-refractivity contribution is 1.10. The van der Waals surface area contributed by atoms with Crippen LogP contribution < -0.4 is 11.1 Å². The lowest BCUT2D eigenvalue weighted by Gasteiger charge is -2.09. The molecule has 0 fully saturated rings. The Bertz CT molecular complexity index is 339. The second kappa shape index (κ2) is 5.17. The van der Waals surface area contributed by atoms with Gasteiger partial charge in [0.25, 0.3) is 0 Å². The maximum absolute atomic E-state index is 5.96. The highest BCUT2D eigenvalue weighted by Crippen LogP contribution is 2.22. The summed E-state index contributed by atoms with van der Waals surface area (Å²) in [7, 11) is 0. The van der Waals surface area contributed by atoms with Gasteiger partial charge in [0.05, 0.1) is 4.99 Å². The zero-order valence-corrected chi connectivity index (χ0v) is 9.58. The van der Waals surface area contributed by atoms with E-state index in [2.05, 4.69) is 5.32 Å². The standard InChI is InChI=1S/C10H13ClN2S/c1-7-8(11)3-2-4-9(7)13-6-5-10(12)14/h2-4,13H,5-6H2,1H3,(H2,12,14). The topological polar surface area (TPSA) is 38.0 Å². The van der Waals surface area contributed by atoms with Gasteiger partial charge < -0.3 is 11.1 Å². The molecule has 1 aromatic rings. The van der Waals surface area contributed by atoms with Gasteiger partial charge in [-0.15, -0.1) is 0 Å². The molecule has 0 aliphatic carbocycles. The maximum atomic E-state index is 5.96. The van der Waals surface area contributed by atoms with Crippen LogP contribution in [0, 0.1) is 6.92 Å². The average molecular weight is 229 g/mol. The summed E-state index contributed by atoms with van der Waals surface area (Å²) in [5, 5.41) is 4.00. The van der Waals surface area contributed by atoms with Crippen molar-refractivity contribution in [3.05, 3.63) is 28.8 Å². The van der Waals surface area contributed by atoms with Crippen LogP contribution in [0.4, 0.5) is 5.69 Å². The van der Waals surface area contributed by atoms with Crippen LogP contribution in [-0.4, -0.2) is 11.5 Å². The monoisotopic (exact) mass is 228 g/mol. The van der Waals surface area contributed by atoms with E-state index in [9.17, 15) is 0 Å². The number of nitrogens with two attached hydrogens (primary N) is 1. The van der Waals surface area contributed by atoms with Crippen LogP contribution in [-0.2, 0) is 0 Å². The summed E-state index contributed by atoms with van der Waals surface area (Å²) in [5.41, 5.74) is 7.48. The minimum absolute atomic E-state index is 0.525. The first kappa shape index (κ1) is 11.3. The molecule has 0 bridgehead atoms. The predicted octanol–water partition coefficient (Wildman–Crippen LogP) is 2.74. The van der Waals surface area contributed by atoms with Crippen molar-refractivity contribution in [1.29, 1.82) is 0 Å². The van der Waals surface area contributed by atoms with Crippen molar-refractivity contribution in [2.75, 3.05) is 11.9 Å². The van der Waals surface area contributed by atoms with E-state index in [1.54, 1.807) is 0 Å². The highest BCUT2D eigenvalue weighted by atomic mass is 35.5. The molecule has 0 unspecified atom stereocenters. The van der Waals surface area contributed by atoms with Gasteiger partial charge in [0.15, 0.2) is 0 Å². The maximum Gasteiger partial charge on any atom is 0.0745 e. The van der Waals surface area contributed by atoms with Crippen molar-refractivity contribution in [2.24, 2.45) is 5.73 Å². The highest BCUT2D eigenvalue weighted by molar-refractivity contribution is 7.80. The van der Waals surface area contributed by atoms with Gasteiger partial charge in [-0.3, -0.25) is 0 Å². The van der Waals surface area contributed by atoms with Crippen molar-refractivity contribution in [3.63, 3.8) is 0 Å². The van der Waals surface area contributed by atoms with Crippen LogP contribution in [0.25, 0.3) is 0 Å². The van der Waals surface area contributed by atoms with Crippen molar-refractivity contribution < 1.29 is 0 Å². The Morgan fingerprint density at radius 1 is 1.57 bits per heavy atom. The molecule has 3 N–H and O–H groups in total. The Hall–Kier alpha value is -0.800. The summed E-state index contributed by atoms with van der Waals surface area (Å²) < 4.78 is 0. The average Bonchev–Trinajstić information content (AvgIpc) is 2.12. The largest absolute Gasteiger partial charge is 0.393 e. The second-order valence-corrected chi connectivity index (χ2v) is 3.99. The summed E-state index contributed by atoms with van der Waals surface area (Å²) in [6.07, 6.45) is 0.696. The quantitative estimate of drug-likeness (QED) is 0.779. The van der Waals surface area contributed by atoms with E-state index >= 15 is 0 Å². The summed E-state index contributed by atoms with van der Waals surface area (Å²) in [5.74, 6) is 0. The van der Waals surface area contributed by atoms with Gasteiger partial charge in [-0.05, 0) is 24.6 Å². The SMILES string of the molecule is Cc1c(Cl)cccc1NCCC(N)=S. The fourth-order valence-corrected chi connectivity index (χ4v) is 1.40. The molecule has 4 heteroatoms. The number of halogens is 1. The molecule has 0 aromatic heterocycles. The van der Waals surface area contributed by atoms with E-state index in [-0.39, 0.29) is 0 Å². The summed E-state index contributed by atoms with van der Waals surface area (Å²) in [4.78, 5) is 0.525. The number of hydrogen-bond acceptors (Lipinski definition) is 2. The minimum Gasteiger partial charge on any atom is -0.393 e. The zero-order chi connectivity index (χ0) is 10.6. The third-order valence-electron chi connectivity index (χ3n) is 1.95. The Kier molecular flexibility index (Phi) is 4.17. The first-order valence-corrected chi connectivity index (χ1v) is 5.17. The minimum atomic E-state index is 0.525. The normalized spacial score (nSPS) is 9.86. The molecule has 1 aromatic carbocycles. The lowest BCUT2D eigenvalue weighted by atomic mass is 10.2. The smallest absolute Gasteiger partial charge is 0.0745 e.